The molecule has 3 aromatic carbocycles. The average molecular weight is 586 g/mol. The Labute approximate surface area is 253 Å². The predicted molar refractivity (Wildman–Crippen MR) is 168 cm³/mol. The molecule has 2 heterocycles. The minimum atomic E-state index is -0.653. The summed E-state index contributed by atoms with van der Waals surface area (Å²) in [6.45, 7) is 5.60. The number of piperazine rings is 1. The summed E-state index contributed by atoms with van der Waals surface area (Å²) in [5.74, 6) is -0.173. The maximum absolute atomic E-state index is 14.0. The molecule has 0 spiro atoms. The Bertz CT molecular complexity index is 1400. The highest BCUT2D eigenvalue weighted by Gasteiger charge is 2.33. The van der Waals surface area contributed by atoms with Crippen molar-refractivity contribution in [3.05, 3.63) is 100 Å². The fourth-order valence-corrected chi connectivity index (χ4v) is 6.32. The first-order valence-corrected chi connectivity index (χ1v) is 15.6. The number of carbonyl (C=O) groups excluding carboxylic acids is 2. The summed E-state index contributed by atoms with van der Waals surface area (Å²) in [5, 5.41) is 10.9. The van der Waals surface area contributed by atoms with Crippen molar-refractivity contribution in [3.8, 4) is 0 Å². The summed E-state index contributed by atoms with van der Waals surface area (Å²) in [6.07, 6.45) is 3.53. The molecule has 3 aliphatic rings. The third-order valence-electron chi connectivity index (χ3n) is 8.76. The molecule has 1 saturated heterocycles. The van der Waals surface area contributed by atoms with Crippen molar-refractivity contribution in [3.63, 3.8) is 0 Å². The van der Waals surface area contributed by atoms with Gasteiger partial charge in [0.25, 0.3) is 0 Å². The van der Waals surface area contributed by atoms with Gasteiger partial charge in [0.15, 0.2) is 0 Å². The SMILES string of the molecule is CC(NC1CC1)c1ccccc1N1CCN(C(=O)[C@@H](Cc2ccc(Cl)cc2)NC(=O)[C@H]2Cc3ccccc3CN2)CC1. The molecule has 1 saturated carbocycles. The number of nitrogens with one attached hydrogen (secondary N) is 3. The zero-order chi connectivity index (χ0) is 29.1. The van der Waals surface area contributed by atoms with Gasteiger partial charge in [0.2, 0.25) is 11.8 Å². The van der Waals surface area contributed by atoms with E-state index in [1.807, 2.05) is 41.3 Å². The summed E-state index contributed by atoms with van der Waals surface area (Å²) in [5.41, 5.74) is 5.89. The summed E-state index contributed by atoms with van der Waals surface area (Å²) >= 11 is 6.12. The summed E-state index contributed by atoms with van der Waals surface area (Å²) in [4.78, 5) is 31.8. The van der Waals surface area contributed by atoms with Crippen LogP contribution >= 0.6 is 11.6 Å². The lowest BCUT2D eigenvalue weighted by atomic mass is 9.95. The van der Waals surface area contributed by atoms with Crippen LogP contribution in [0.5, 0.6) is 0 Å². The van der Waals surface area contributed by atoms with Gasteiger partial charge < -0.3 is 25.8 Å². The summed E-state index contributed by atoms with van der Waals surface area (Å²) in [7, 11) is 0. The number of rotatable bonds is 9. The number of fused-ring (bicyclic) bond motifs is 1. The zero-order valence-electron chi connectivity index (χ0n) is 24.2. The number of hydrogen-bond donors (Lipinski definition) is 3. The summed E-state index contributed by atoms with van der Waals surface area (Å²) < 4.78 is 0. The van der Waals surface area contributed by atoms with E-state index in [9.17, 15) is 9.59 Å². The predicted octanol–water partition coefficient (Wildman–Crippen LogP) is 4.24. The molecular weight excluding hydrogens is 546 g/mol. The van der Waals surface area contributed by atoms with Gasteiger partial charge in [-0.3, -0.25) is 9.59 Å². The van der Waals surface area contributed by atoms with E-state index in [1.165, 1.54) is 35.2 Å². The van der Waals surface area contributed by atoms with Crippen LogP contribution in [0.25, 0.3) is 0 Å². The molecule has 2 amide bonds. The largest absolute Gasteiger partial charge is 0.368 e. The number of halogens is 1. The van der Waals surface area contributed by atoms with Crippen molar-refractivity contribution < 1.29 is 9.59 Å². The quantitative estimate of drug-likeness (QED) is 0.350. The first-order chi connectivity index (χ1) is 20.4. The van der Waals surface area contributed by atoms with Gasteiger partial charge in [-0.15, -0.1) is 0 Å². The van der Waals surface area contributed by atoms with Crippen molar-refractivity contribution in [1.82, 2.24) is 20.9 Å². The topological polar surface area (TPSA) is 76.7 Å². The van der Waals surface area contributed by atoms with E-state index in [0.29, 0.717) is 43.5 Å². The van der Waals surface area contributed by atoms with E-state index < -0.39 is 6.04 Å². The Morgan fingerprint density at radius 2 is 1.62 bits per heavy atom. The van der Waals surface area contributed by atoms with Crippen molar-refractivity contribution in [1.29, 1.82) is 0 Å². The number of carbonyl (C=O) groups is 2. The maximum Gasteiger partial charge on any atom is 0.245 e. The maximum atomic E-state index is 14.0. The van der Waals surface area contributed by atoms with Crippen LogP contribution in [0.2, 0.25) is 5.02 Å². The van der Waals surface area contributed by atoms with Crippen LogP contribution in [0.4, 0.5) is 5.69 Å². The van der Waals surface area contributed by atoms with E-state index in [4.69, 9.17) is 11.6 Å². The third kappa shape index (κ3) is 6.80. The van der Waals surface area contributed by atoms with Gasteiger partial charge in [-0.05, 0) is 66.6 Å². The normalized spacial score (nSPS) is 20.0. The minimum Gasteiger partial charge on any atom is -0.368 e. The molecule has 42 heavy (non-hydrogen) atoms. The Balaban J connectivity index is 1.13. The molecule has 2 fully saturated rings. The molecule has 3 atom stereocenters. The van der Waals surface area contributed by atoms with Gasteiger partial charge in [-0.1, -0.05) is 66.2 Å². The number of benzene rings is 3. The Hall–Kier alpha value is -3.39. The molecule has 0 aromatic heterocycles. The lowest BCUT2D eigenvalue weighted by Crippen LogP contribution is -2.58. The fourth-order valence-electron chi connectivity index (χ4n) is 6.19. The van der Waals surface area contributed by atoms with Gasteiger partial charge in [0, 0.05) is 61.9 Å². The monoisotopic (exact) mass is 585 g/mol. The van der Waals surface area contributed by atoms with E-state index in [2.05, 4.69) is 64.2 Å². The average Bonchev–Trinajstić information content (AvgIpc) is 3.85. The van der Waals surface area contributed by atoms with Crippen molar-refractivity contribution in [2.75, 3.05) is 31.1 Å². The van der Waals surface area contributed by atoms with E-state index in [-0.39, 0.29) is 23.9 Å². The van der Waals surface area contributed by atoms with E-state index >= 15 is 0 Å². The Kier molecular flexibility index (Phi) is 8.79. The van der Waals surface area contributed by atoms with Gasteiger partial charge >= 0.3 is 0 Å². The molecule has 2 aliphatic heterocycles. The molecule has 1 unspecified atom stereocenters. The highest BCUT2D eigenvalue weighted by Crippen LogP contribution is 2.30. The van der Waals surface area contributed by atoms with Gasteiger partial charge in [0.1, 0.15) is 6.04 Å². The smallest absolute Gasteiger partial charge is 0.245 e. The number of amides is 2. The van der Waals surface area contributed by atoms with Crippen LogP contribution in [-0.2, 0) is 29.0 Å². The van der Waals surface area contributed by atoms with Crippen LogP contribution in [0.3, 0.4) is 0 Å². The molecule has 0 bridgehead atoms. The summed E-state index contributed by atoms with van der Waals surface area (Å²) in [6, 6.07) is 24.2. The van der Waals surface area contributed by atoms with Crippen molar-refractivity contribution in [2.24, 2.45) is 0 Å². The van der Waals surface area contributed by atoms with Crippen LogP contribution in [0.15, 0.2) is 72.8 Å². The minimum absolute atomic E-state index is 0.0359. The molecule has 1 aliphatic carbocycles. The lowest BCUT2D eigenvalue weighted by Gasteiger charge is -2.39. The second-order valence-electron chi connectivity index (χ2n) is 11.8. The highest BCUT2D eigenvalue weighted by atomic mass is 35.5. The second-order valence-corrected chi connectivity index (χ2v) is 12.3. The molecule has 3 aromatic rings. The van der Waals surface area contributed by atoms with E-state index in [0.717, 1.165) is 18.7 Å². The fraction of sp³-hybridized carbons (Fsp3) is 0.412. The molecule has 220 valence electrons. The van der Waals surface area contributed by atoms with Crippen LogP contribution in [-0.4, -0.2) is 61.0 Å². The molecule has 3 N–H and O–H groups in total. The molecule has 7 nitrogen and oxygen atoms in total. The number of anilines is 1. The lowest BCUT2D eigenvalue weighted by molar-refractivity contribution is -0.137. The molecule has 8 heteroatoms. The second kappa shape index (κ2) is 12.9. The van der Waals surface area contributed by atoms with Gasteiger partial charge in [-0.2, -0.15) is 0 Å². The third-order valence-corrected chi connectivity index (χ3v) is 9.02. The van der Waals surface area contributed by atoms with E-state index in [1.54, 1.807) is 0 Å². The van der Waals surface area contributed by atoms with Crippen molar-refractivity contribution >= 4 is 29.1 Å². The Morgan fingerprint density at radius 1 is 0.929 bits per heavy atom. The number of para-hydroxylation sites is 1. The van der Waals surface area contributed by atoms with Crippen LogP contribution in [0.1, 0.15) is 48.1 Å². The molecule has 6 rings (SSSR count). The van der Waals surface area contributed by atoms with Gasteiger partial charge in [-0.25, -0.2) is 0 Å². The first kappa shape index (κ1) is 28.7. The first-order valence-electron chi connectivity index (χ1n) is 15.2. The standard InChI is InChI=1S/C34H40ClN5O2/c1-23(37-28-14-15-28)29-8-4-5-9-32(29)39-16-18-40(19-17-39)34(42)31(20-24-10-12-27(35)13-11-24)38-33(41)30-21-25-6-2-3-7-26(25)22-36-30/h2-13,23,28,30-31,36-37H,14-22H2,1H3,(H,38,41)/t23?,30-,31-/m1/s1. The zero-order valence-corrected chi connectivity index (χ0v) is 24.9. The number of nitrogens with zero attached hydrogens (tertiary/aromatic N) is 2. The van der Waals surface area contributed by atoms with Crippen LogP contribution < -0.4 is 20.9 Å². The number of hydrogen-bond acceptors (Lipinski definition) is 5. The highest BCUT2D eigenvalue weighted by molar-refractivity contribution is 6.30. The van der Waals surface area contributed by atoms with Crippen molar-refractivity contribution in [2.45, 2.75) is 63.3 Å². The molecular formula is C34H40ClN5O2. The molecule has 0 radical (unpaired) electrons. The Morgan fingerprint density at radius 3 is 2.36 bits per heavy atom. The van der Waals surface area contributed by atoms with Gasteiger partial charge in [0.05, 0.1) is 6.04 Å². The van der Waals surface area contributed by atoms with Crippen LogP contribution in [0, 0.1) is 0 Å².